The van der Waals surface area contributed by atoms with Gasteiger partial charge in [0, 0.05) is 0 Å². The van der Waals surface area contributed by atoms with Crippen LogP contribution in [0.2, 0.25) is 0 Å². The molecule has 2 rings (SSSR count). The van der Waals surface area contributed by atoms with Crippen LogP contribution in [0.4, 0.5) is 0 Å². The number of nitrogens with one attached hydrogen (secondary N) is 1. The fourth-order valence-electron chi connectivity index (χ4n) is 1.72. The number of hydrogen-bond acceptors (Lipinski definition) is 3. The summed E-state index contributed by atoms with van der Waals surface area (Å²) in [5, 5.41) is 3.10. The average Bonchev–Trinajstić information content (AvgIpc) is 2.79. The van der Waals surface area contributed by atoms with Gasteiger partial charge in [-0.05, 0) is 18.1 Å². The number of rotatable bonds is 3. The lowest BCUT2D eigenvalue weighted by atomic mass is 10.1. The highest BCUT2D eigenvalue weighted by Gasteiger charge is 2.24. The molecule has 2 atom stereocenters. The van der Waals surface area contributed by atoms with Gasteiger partial charge in [-0.1, -0.05) is 36.4 Å². The highest BCUT2D eigenvalue weighted by Crippen LogP contribution is 2.14. The third-order valence-corrected chi connectivity index (χ3v) is 2.58. The number of carbonyl (C=O) groups is 1. The molecule has 1 aromatic rings. The number of benzene rings is 1. The van der Waals surface area contributed by atoms with Crippen LogP contribution < -0.4 is 5.32 Å². The van der Waals surface area contributed by atoms with Crippen molar-refractivity contribution in [3.8, 4) is 0 Å². The molecule has 0 bridgehead atoms. The Bertz CT molecular complexity index is 386. The molecule has 16 heavy (non-hydrogen) atoms. The molecule has 0 saturated carbocycles. The second kappa shape index (κ2) is 5.05. The number of carbonyl (C=O) groups excluding carboxylic acids is 1. The van der Waals surface area contributed by atoms with Gasteiger partial charge < -0.3 is 9.53 Å². The van der Waals surface area contributed by atoms with Crippen LogP contribution in [0.5, 0.6) is 0 Å². The van der Waals surface area contributed by atoms with Gasteiger partial charge in [0.2, 0.25) is 0 Å². The predicted octanol–water partition coefficient (Wildman–Crippen LogP) is 1.60. The largest absolute Gasteiger partial charge is 0.357 e. The third kappa shape index (κ3) is 2.56. The van der Waals surface area contributed by atoms with Crippen molar-refractivity contribution in [2.24, 2.45) is 0 Å². The molecule has 3 heteroatoms. The van der Waals surface area contributed by atoms with Crippen LogP contribution in [-0.2, 0) is 9.53 Å². The molecule has 2 unspecified atom stereocenters. The fraction of sp³-hybridized carbons (Fsp3) is 0.308. The first kappa shape index (κ1) is 11.0. The summed E-state index contributed by atoms with van der Waals surface area (Å²) < 4.78 is 5.48. The Morgan fingerprint density at radius 1 is 1.44 bits per heavy atom. The van der Waals surface area contributed by atoms with Crippen molar-refractivity contribution >= 4 is 12.4 Å². The molecule has 1 aliphatic rings. The van der Waals surface area contributed by atoms with E-state index in [4.69, 9.17) is 4.74 Å². The predicted molar refractivity (Wildman–Crippen MR) is 62.8 cm³/mol. The quantitative estimate of drug-likeness (QED) is 0.782. The van der Waals surface area contributed by atoms with Gasteiger partial charge in [0.05, 0.1) is 12.6 Å². The van der Waals surface area contributed by atoms with Gasteiger partial charge in [0.25, 0.3) is 0 Å². The molecule has 1 aliphatic heterocycles. The van der Waals surface area contributed by atoms with Gasteiger partial charge in [-0.2, -0.15) is 0 Å². The second-order valence-electron chi connectivity index (χ2n) is 3.92. The molecular weight excluding hydrogens is 202 g/mol. The van der Waals surface area contributed by atoms with Crippen LogP contribution in [0, 0.1) is 0 Å². The lowest BCUT2D eigenvalue weighted by molar-refractivity contribution is -0.109. The Kier molecular flexibility index (Phi) is 3.49. The fourth-order valence-corrected chi connectivity index (χ4v) is 1.72. The SMILES string of the molecule is CC(=Cc1ccccc1)C1NC(C=O)CO1. The van der Waals surface area contributed by atoms with Gasteiger partial charge >= 0.3 is 0 Å². The lowest BCUT2D eigenvalue weighted by Gasteiger charge is -2.10. The topological polar surface area (TPSA) is 38.3 Å². The Labute approximate surface area is 95.1 Å². The van der Waals surface area contributed by atoms with Gasteiger partial charge in [-0.15, -0.1) is 0 Å². The Hall–Kier alpha value is -1.45. The second-order valence-corrected chi connectivity index (χ2v) is 3.92. The van der Waals surface area contributed by atoms with Crippen LogP contribution in [-0.4, -0.2) is 25.2 Å². The van der Waals surface area contributed by atoms with Crippen molar-refractivity contribution in [3.05, 3.63) is 41.5 Å². The van der Waals surface area contributed by atoms with Gasteiger partial charge in [-0.25, -0.2) is 0 Å². The maximum absolute atomic E-state index is 10.6. The molecule has 0 radical (unpaired) electrons. The number of aldehydes is 1. The normalized spacial score (nSPS) is 25.7. The number of hydrogen-bond donors (Lipinski definition) is 1. The van der Waals surface area contributed by atoms with Crippen molar-refractivity contribution in [1.82, 2.24) is 5.32 Å². The molecule has 0 spiro atoms. The van der Waals surface area contributed by atoms with Crippen molar-refractivity contribution < 1.29 is 9.53 Å². The Morgan fingerprint density at radius 2 is 2.19 bits per heavy atom. The third-order valence-electron chi connectivity index (χ3n) is 2.58. The minimum Gasteiger partial charge on any atom is -0.357 e. The maximum Gasteiger partial charge on any atom is 0.139 e. The highest BCUT2D eigenvalue weighted by molar-refractivity contribution is 5.59. The van der Waals surface area contributed by atoms with Crippen molar-refractivity contribution in [2.45, 2.75) is 19.2 Å². The zero-order valence-corrected chi connectivity index (χ0v) is 9.22. The number of ether oxygens (including phenoxy) is 1. The van der Waals surface area contributed by atoms with E-state index in [1.165, 1.54) is 0 Å². The van der Waals surface area contributed by atoms with Crippen molar-refractivity contribution in [1.29, 1.82) is 0 Å². The summed E-state index contributed by atoms with van der Waals surface area (Å²) in [5.41, 5.74) is 2.22. The van der Waals surface area contributed by atoms with Gasteiger partial charge in [0.15, 0.2) is 0 Å². The van der Waals surface area contributed by atoms with Gasteiger partial charge in [-0.3, -0.25) is 5.32 Å². The van der Waals surface area contributed by atoms with E-state index in [0.717, 1.165) is 17.4 Å². The zero-order chi connectivity index (χ0) is 11.4. The molecule has 1 fully saturated rings. The van der Waals surface area contributed by atoms with Crippen LogP contribution in [0.25, 0.3) is 6.08 Å². The molecule has 0 aromatic heterocycles. The summed E-state index contributed by atoms with van der Waals surface area (Å²) in [6, 6.07) is 9.88. The van der Waals surface area contributed by atoms with E-state index in [9.17, 15) is 4.79 Å². The van der Waals surface area contributed by atoms with E-state index in [-0.39, 0.29) is 12.3 Å². The summed E-state index contributed by atoms with van der Waals surface area (Å²) in [7, 11) is 0. The van der Waals surface area contributed by atoms with Crippen LogP contribution in [0.1, 0.15) is 12.5 Å². The van der Waals surface area contributed by atoms with Crippen LogP contribution >= 0.6 is 0 Å². The first-order valence-electron chi connectivity index (χ1n) is 5.36. The molecule has 1 aromatic carbocycles. The average molecular weight is 217 g/mol. The summed E-state index contributed by atoms with van der Waals surface area (Å²) in [4.78, 5) is 10.6. The monoisotopic (exact) mass is 217 g/mol. The molecule has 1 heterocycles. The summed E-state index contributed by atoms with van der Waals surface area (Å²) >= 11 is 0. The van der Waals surface area contributed by atoms with E-state index in [1.54, 1.807) is 0 Å². The molecule has 3 nitrogen and oxygen atoms in total. The van der Waals surface area contributed by atoms with E-state index in [2.05, 4.69) is 11.4 Å². The summed E-state index contributed by atoms with van der Waals surface area (Å²) in [5.74, 6) is 0. The van der Waals surface area contributed by atoms with Crippen molar-refractivity contribution in [2.75, 3.05) is 6.61 Å². The standard InChI is InChI=1S/C13H15NO2/c1-10(7-11-5-3-2-4-6-11)13-14-12(8-15)9-16-13/h2-8,12-14H,9H2,1H3. The summed E-state index contributed by atoms with van der Waals surface area (Å²) in [6.07, 6.45) is 2.80. The van der Waals surface area contributed by atoms with E-state index >= 15 is 0 Å². The summed E-state index contributed by atoms with van der Waals surface area (Å²) in [6.45, 7) is 2.45. The minimum atomic E-state index is -0.177. The van der Waals surface area contributed by atoms with Gasteiger partial charge in [0.1, 0.15) is 12.5 Å². The van der Waals surface area contributed by atoms with E-state index < -0.39 is 0 Å². The van der Waals surface area contributed by atoms with Crippen LogP contribution in [0.3, 0.4) is 0 Å². The Morgan fingerprint density at radius 3 is 2.81 bits per heavy atom. The van der Waals surface area contributed by atoms with Crippen molar-refractivity contribution in [3.63, 3.8) is 0 Å². The Balaban J connectivity index is 2.05. The van der Waals surface area contributed by atoms with Crippen LogP contribution in [0.15, 0.2) is 35.9 Å². The molecule has 84 valence electrons. The smallest absolute Gasteiger partial charge is 0.139 e. The first-order valence-corrected chi connectivity index (χ1v) is 5.36. The molecular formula is C13H15NO2. The van der Waals surface area contributed by atoms with E-state index in [0.29, 0.717) is 6.61 Å². The first-order chi connectivity index (χ1) is 7.79. The zero-order valence-electron chi connectivity index (χ0n) is 9.22. The highest BCUT2D eigenvalue weighted by atomic mass is 16.5. The molecule has 1 saturated heterocycles. The molecule has 0 aliphatic carbocycles. The lowest BCUT2D eigenvalue weighted by Crippen LogP contribution is -2.32. The minimum absolute atomic E-state index is 0.143. The van der Waals surface area contributed by atoms with E-state index in [1.807, 2.05) is 37.3 Å². The maximum atomic E-state index is 10.6. The molecule has 0 amide bonds. The molecule has 1 N–H and O–H groups in total.